The first kappa shape index (κ1) is 19.9. The van der Waals surface area contributed by atoms with Crippen LogP contribution in [-0.2, 0) is 0 Å². The Hall–Kier alpha value is -2.72. The Morgan fingerprint density at radius 2 is 1.84 bits per heavy atom. The highest BCUT2D eigenvalue weighted by atomic mass is 19.1. The third kappa shape index (κ3) is 4.16. The predicted molar refractivity (Wildman–Crippen MR) is 121 cm³/mol. The zero-order chi connectivity index (χ0) is 21.7. The third-order valence-electron chi connectivity index (χ3n) is 7.64. The van der Waals surface area contributed by atoms with Gasteiger partial charge in [-0.25, -0.2) is 14.4 Å². The summed E-state index contributed by atoms with van der Waals surface area (Å²) in [5.74, 6) is 4.66. The van der Waals surface area contributed by atoms with E-state index in [9.17, 15) is 4.39 Å². The first-order chi connectivity index (χ1) is 15.6. The summed E-state index contributed by atoms with van der Waals surface area (Å²) in [4.78, 5) is 14.1. The van der Waals surface area contributed by atoms with E-state index in [4.69, 9.17) is 10.2 Å². The maximum atomic E-state index is 14.1. The lowest BCUT2D eigenvalue weighted by Gasteiger charge is -2.33. The lowest BCUT2D eigenvalue weighted by molar-refractivity contribution is 0.204. The van der Waals surface area contributed by atoms with Crippen molar-refractivity contribution in [2.45, 2.75) is 38.0 Å². The number of rotatable bonds is 6. The first-order valence-electron chi connectivity index (χ1n) is 12.0. The van der Waals surface area contributed by atoms with Crippen LogP contribution in [0.1, 0.15) is 49.1 Å². The van der Waals surface area contributed by atoms with E-state index in [1.807, 2.05) is 6.07 Å². The summed E-state index contributed by atoms with van der Waals surface area (Å²) in [6.07, 6.45) is 7.78. The van der Waals surface area contributed by atoms with Gasteiger partial charge in [0.15, 0.2) is 0 Å². The van der Waals surface area contributed by atoms with Gasteiger partial charge in [0.1, 0.15) is 34.9 Å². The number of anilines is 3. The lowest BCUT2D eigenvalue weighted by atomic mass is 9.89. The van der Waals surface area contributed by atoms with E-state index in [1.165, 1.54) is 56.5 Å². The summed E-state index contributed by atoms with van der Waals surface area (Å²) in [7, 11) is 0. The second-order valence-corrected chi connectivity index (χ2v) is 10.1. The molecule has 2 atom stereocenters. The summed E-state index contributed by atoms with van der Waals surface area (Å²) in [6.45, 7) is 5.78. The zero-order valence-corrected chi connectivity index (χ0v) is 18.3. The molecule has 0 aromatic carbocycles. The molecule has 2 aliphatic carbocycles. The van der Waals surface area contributed by atoms with Gasteiger partial charge in [-0.2, -0.15) is 5.26 Å². The molecule has 32 heavy (non-hydrogen) atoms. The molecule has 6 nitrogen and oxygen atoms in total. The fourth-order valence-electron chi connectivity index (χ4n) is 5.41. The van der Waals surface area contributed by atoms with Crippen LogP contribution in [0.3, 0.4) is 0 Å². The molecule has 6 rings (SSSR count). The SMILES string of the molecule is N#Cc1cnc(Nc2cc(C3CCN(CC4CC4)CC3)cc(N3CC4CC4C3)n2)cc1F. The highest BCUT2D eigenvalue weighted by molar-refractivity contribution is 5.59. The number of nitrogens with zero attached hydrogens (tertiary/aromatic N) is 5. The second kappa shape index (κ2) is 8.00. The van der Waals surface area contributed by atoms with Crippen molar-refractivity contribution in [3.63, 3.8) is 0 Å². The summed E-state index contributed by atoms with van der Waals surface area (Å²) in [6, 6.07) is 7.48. The van der Waals surface area contributed by atoms with Crippen LogP contribution < -0.4 is 10.2 Å². The maximum Gasteiger partial charge on any atom is 0.146 e. The molecule has 1 N–H and O–H groups in total. The molecule has 7 heteroatoms. The number of hydrogen-bond donors (Lipinski definition) is 1. The highest BCUT2D eigenvalue weighted by Crippen LogP contribution is 2.46. The smallest absolute Gasteiger partial charge is 0.146 e. The molecule has 2 unspecified atom stereocenters. The van der Waals surface area contributed by atoms with Crippen molar-refractivity contribution < 1.29 is 4.39 Å². The minimum atomic E-state index is -0.566. The molecule has 0 bridgehead atoms. The van der Waals surface area contributed by atoms with Crippen molar-refractivity contribution in [3.8, 4) is 6.07 Å². The molecule has 2 saturated heterocycles. The number of nitrogens with one attached hydrogen (secondary N) is 1. The minimum absolute atomic E-state index is 0.0489. The summed E-state index contributed by atoms with van der Waals surface area (Å²) in [5, 5.41) is 12.2. The quantitative estimate of drug-likeness (QED) is 0.735. The van der Waals surface area contributed by atoms with E-state index in [1.54, 1.807) is 0 Å². The van der Waals surface area contributed by atoms with Crippen LogP contribution in [-0.4, -0.2) is 47.6 Å². The maximum absolute atomic E-state index is 14.1. The molecular weight excluding hydrogens is 403 g/mol. The average Bonchev–Trinajstić information content (AvgIpc) is 3.73. The molecule has 2 aromatic rings. The fraction of sp³-hybridized carbons (Fsp3) is 0.560. The molecule has 0 radical (unpaired) electrons. The normalized spacial score (nSPS) is 25.4. The van der Waals surface area contributed by atoms with E-state index in [0.717, 1.165) is 49.8 Å². The van der Waals surface area contributed by atoms with Gasteiger partial charge in [-0.05, 0) is 86.6 Å². The average molecular weight is 433 g/mol. The molecule has 4 aliphatic rings. The Morgan fingerprint density at radius 1 is 1.06 bits per heavy atom. The third-order valence-corrected chi connectivity index (χ3v) is 7.64. The van der Waals surface area contributed by atoms with E-state index in [0.29, 0.717) is 17.6 Å². The van der Waals surface area contributed by atoms with Gasteiger partial charge in [-0.3, -0.25) is 0 Å². The topological polar surface area (TPSA) is 68.1 Å². The summed E-state index contributed by atoms with van der Waals surface area (Å²) >= 11 is 0. The Morgan fingerprint density at radius 3 is 2.53 bits per heavy atom. The second-order valence-electron chi connectivity index (χ2n) is 10.1. The van der Waals surface area contributed by atoms with Crippen molar-refractivity contribution in [1.29, 1.82) is 5.26 Å². The predicted octanol–water partition coefficient (Wildman–Crippen LogP) is 4.28. The van der Waals surface area contributed by atoms with Gasteiger partial charge >= 0.3 is 0 Å². The highest BCUT2D eigenvalue weighted by Gasteiger charge is 2.45. The number of halogens is 1. The van der Waals surface area contributed by atoms with Crippen LogP contribution in [0.5, 0.6) is 0 Å². The molecule has 166 valence electrons. The lowest BCUT2D eigenvalue weighted by Crippen LogP contribution is -2.34. The Kier molecular flexibility index (Phi) is 4.98. The minimum Gasteiger partial charge on any atom is -0.356 e. The van der Waals surface area contributed by atoms with Crippen molar-refractivity contribution in [1.82, 2.24) is 14.9 Å². The van der Waals surface area contributed by atoms with Crippen LogP contribution in [0, 0.1) is 34.9 Å². The van der Waals surface area contributed by atoms with Gasteiger partial charge in [-0.1, -0.05) is 0 Å². The Balaban J connectivity index is 1.23. The van der Waals surface area contributed by atoms with Crippen LogP contribution in [0.4, 0.5) is 21.8 Å². The van der Waals surface area contributed by atoms with E-state index < -0.39 is 5.82 Å². The molecule has 0 spiro atoms. The van der Waals surface area contributed by atoms with Crippen LogP contribution in [0.2, 0.25) is 0 Å². The molecule has 0 amide bonds. The van der Waals surface area contributed by atoms with Crippen molar-refractivity contribution in [3.05, 3.63) is 41.3 Å². The molecule has 4 heterocycles. The monoisotopic (exact) mass is 432 g/mol. The molecule has 2 aliphatic heterocycles. The van der Waals surface area contributed by atoms with E-state index >= 15 is 0 Å². The number of fused-ring (bicyclic) bond motifs is 1. The summed E-state index contributed by atoms with van der Waals surface area (Å²) in [5.41, 5.74) is 1.27. The van der Waals surface area contributed by atoms with Gasteiger partial charge in [0.25, 0.3) is 0 Å². The fourth-order valence-corrected chi connectivity index (χ4v) is 5.41. The first-order valence-corrected chi connectivity index (χ1v) is 12.0. The largest absolute Gasteiger partial charge is 0.356 e. The number of hydrogen-bond acceptors (Lipinski definition) is 6. The van der Waals surface area contributed by atoms with E-state index in [-0.39, 0.29) is 5.56 Å². The van der Waals surface area contributed by atoms with Crippen LogP contribution in [0.25, 0.3) is 0 Å². The molecule has 2 aromatic heterocycles. The van der Waals surface area contributed by atoms with Crippen molar-refractivity contribution >= 4 is 17.5 Å². The Bertz CT molecular complexity index is 1040. The Labute approximate surface area is 188 Å². The van der Waals surface area contributed by atoms with Gasteiger partial charge in [0, 0.05) is 25.7 Å². The number of nitriles is 1. The van der Waals surface area contributed by atoms with Crippen LogP contribution in [0.15, 0.2) is 24.4 Å². The number of aromatic nitrogens is 2. The van der Waals surface area contributed by atoms with Gasteiger partial charge in [0.05, 0.1) is 6.20 Å². The standard InChI is InChI=1S/C25H29FN6/c26-22-10-23(28-12-21(22)11-27)29-24-8-18(9-25(30-24)32-14-19-7-20(19)15-32)17-3-5-31(6-4-17)13-16-1-2-16/h8-10,12,16-17,19-20H,1-7,13-15H2,(H,28,29,30). The molecule has 4 fully saturated rings. The van der Waals surface area contributed by atoms with Gasteiger partial charge in [0.2, 0.25) is 0 Å². The van der Waals surface area contributed by atoms with Gasteiger partial charge in [-0.15, -0.1) is 0 Å². The van der Waals surface area contributed by atoms with Crippen molar-refractivity contribution in [2.24, 2.45) is 17.8 Å². The number of likely N-dealkylation sites (tertiary alicyclic amines) is 1. The molecular formula is C25H29FN6. The summed E-state index contributed by atoms with van der Waals surface area (Å²) < 4.78 is 14.1. The molecule has 2 saturated carbocycles. The van der Waals surface area contributed by atoms with Gasteiger partial charge < -0.3 is 15.1 Å². The van der Waals surface area contributed by atoms with Crippen molar-refractivity contribution in [2.75, 3.05) is 42.9 Å². The van der Waals surface area contributed by atoms with Crippen LogP contribution >= 0.6 is 0 Å². The number of pyridine rings is 2. The van der Waals surface area contributed by atoms with E-state index in [2.05, 4.69) is 32.2 Å². The number of piperidine rings is 2. The zero-order valence-electron chi connectivity index (χ0n) is 18.3.